The van der Waals surface area contributed by atoms with Crippen LogP contribution in [0.15, 0.2) is 65.8 Å². The molecule has 0 radical (unpaired) electrons. The SMILES string of the molecule is CN=C(NCc1ccc(N2CCCC2=O)cc1)NCc1cccc2cccnc12.I. The maximum Gasteiger partial charge on any atom is 0.227 e. The molecule has 4 rings (SSSR count). The fourth-order valence-corrected chi connectivity index (χ4v) is 3.61. The van der Waals surface area contributed by atoms with Crippen LogP contribution >= 0.6 is 24.0 Å². The number of rotatable bonds is 5. The van der Waals surface area contributed by atoms with Gasteiger partial charge in [0.2, 0.25) is 5.91 Å². The Kier molecular flexibility index (Phi) is 7.62. The van der Waals surface area contributed by atoms with E-state index in [1.54, 1.807) is 7.05 Å². The van der Waals surface area contributed by atoms with Gasteiger partial charge >= 0.3 is 0 Å². The number of anilines is 1. The van der Waals surface area contributed by atoms with E-state index in [0.717, 1.165) is 46.6 Å². The van der Waals surface area contributed by atoms with Crippen molar-refractivity contribution in [2.75, 3.05) is 18.5 Å². The Hall–Kier alpha value is -2.68. The molecular formula is C23H26IN5O. The molecule has 6 nitrogen and oxygen atoms in total. The summed E-state index contributed by atoms with van der Waals surface area (Å²) in [6.45, 7) is 2.11. The Morgan fingerprint density at radius 3 is 2.57 bits per heavy atom. The molecule has 30 heavy (non-hydrogen) atoms. The van der Waals surface area contributed by atoms with Crippen LogP contribution in [0.3, 0.4) is 0 Å². The molecule has 2 heterocycles. The van der Waals surface area contributed by atoms with Gasteiger partial charge in [-0.05, 0) is 35.7 Å². The number of nitrogens with one attached hydrogen (secondary N) is 2. The highest BCUT2D eigenvalue weighted by molar-refractivity contribution is 14.0. The van der Waals surface area contributed by atoms with Gasteiger partial charge in [0.15, 0.2) is 5.96 Å². The summed E-state index contributed by atoms with van der Waals surface area (Å²) in [4.78, 5) is 22.5. The van der Waals surface area contributed by atoms with Gasteiger partial charge in [-0.2, -0.15) is 0 Å². The highest BCUT2D eigenvalue weighted by atomic mass is 127. The maximum atomic E-state index is 11.9. The molecule has 1 saturated heterocycles. The van der Waals surface area contributed by atoms with Gasteiger partial charge in [-0.15, -0.1) is 24.0 Å². The Balaban J connectivity index is 0.00000256. The number of halogens is 1. The van der Waals surface area contributed by atoms with Crippen LogP contribution in [-0.4, -0.2) is 30.4 Å². The summed E-state index contributed by atoms with van der Waals surface area (Å²) < 4.78 is 0. The van der Waals surface area contributed by atoms with Crippen LogP contribution in [0, 0.1) is 0 Å². The van der Waals surface area contributed by atoms with E-state index in [2.05, 4.69) is 50.9 Å². The maximum absolute atomic E-state index is 11.9. The summed E-state index contributed by atoms with van der Waals surface area (Å²) in [6.07, 6.45) is 3.41. The van der Waals surface area contributed by atoms with Crippen molar-refractivity contribution in [1.82, 2.24) is 15.6 Å². The second kappa shape index (κ2) is 10.4. The third-order valence-electron chi connectivity index (χ3n) is 5.17. The first-order valence-electron chi connectivity index (χ1n) is 9.91. The molecule has 1 aromatic heterocycles. The molecule has 7 heteroatoms. The van der Waals surface area contributed by atoms with Crippen LogP contribution in [0.4, 0.5) is 5.69 Å². The first-order valence-corrected chi connectivity index (χ1v) is 9.91. The number of aliphatic imine (C=N–C) groups is 1. The summed E-state index contributed by atoms with van der Waals surface area (Å²) in [5.74, 6) is 0.945. The predicted molar refractivity (Wildman–Crippen MR) is 132 cm³/mol. The number of benzene rings is 2. The van der Waals surface area contributed by atoms with Crippen molar-refractivity contribution in [3.63, 3.8) is 0 Å². The first kappa shape index (κ1) is 22.0. The Labute approximate surface area is 193 Å². The molecule has 0 atom stereocenters. The number of fused-ring (bicyclic) bond motifs is 1. The average molecular weight is 515 g/mol. The average Bonchev–Trinajstić information content (AvgIpc) is 3.20. The lowest BCUT2D eigenvalue weighted by Gasteiger charge is -2.16. The zero-order valence-corrected chi connectivity index (χ0v) is 19.3. The zero-order chi connectivity index (χ0) is 20.1. The predicted octanol–water partition coefficient (Wildman–Crippen LogP) is 3.84. The van der Waals surface area contributed by atoms with Gasteiger partial charge in [-0.1, -0.05) is 36.4 Å². The van der Waals surface area contributed by atoms with Crippen LogP contribution in [0.2, 0.25) is 0 Å². The highest BCUT2D eigenvalue weighted by Crippen LogP contribution is 2.21. The van der Waals surface area contributed by atoms with Crippen molar-refractivity contribution in [1.29, 1.82) is 0 Å². The van der Waals surface area contributed by atoms with Crippen LogP contribution in [0.1, 0.15) is 24.0 Å². The minimum absolute atomic E-state index is 0. The van der Waals surface area contributed by atoms with Gasteiger partial charge < -0.3 is 15.5 Å². The summed E-state index contributed by atoms with van der Waals surface area (Å²) in [5.41, 5.74) is 4.24. The number of pyridine rings is 1. The number of carbonyl (C=O) groups excluding carboxylic acids is 1. The van der Waals surface area contributed by atoms with Crippen molar-refractivity contribution < 1.29 is 4.79 Å². The quantitative estimate of drug-likeness (QED) is 0.308. The molecule has 0 unspecified atom stereocenters. The van der Waals surface area contributed by atoms with Gasteiger partial charge in [-0.3, -0.25) is 14.8 Å². The molecule has 0 saturated carbocycles. The minimum Gasteiger partial charge on any atom is -0.352 e. The smallest absolute Gasteiger partial charge is 0.227 e. The second-order valence-electron chi connectivity index (χ2n) is 7.09. The highest BCUT2D eigenvalue weighted by Gasteiger charge is 2.21. The van der Waals surface area contributed by atoms with Crippen LogP contribution < -0.4 is 15.5 Å². The Bertz CT molecular complexity index is 1030. The normalized spacial score (nSPS) is 14.0. The van der Waals surface area contributed by atoms with E-state index in [4.69, 9.17) is 0 Å². The topological polar surface area (TPSA) is 69.6 Å². The fraction of sp³-hybridized carbons (Fsp3) is 0.261. The molecule has 1 aliphatic heterocycles. The van der Waals surface area contributed by atoms with Gasteiger partial charge in [0.05, 0.1) is 5.52 Å². The molecule has 3 aromatic rings. The van der Waals surface area contributed by atoms with E-state index in [1.807, 2.05) is 35.4 Å². The van der Waals surface area contributed by atoms with E-state index >= 15 is 0 Å². The Morgan fingerprint density at radius 1 is 1.07 bits per heavy atom. The van der Waals surface area contributed by atoms with Gasteiger partial charge in [-0.25, -0.2) is 0 Å². The number of para-hydroxylation sites is 1. The number of amides is 1. The lowest BCUT2D eigenvalue weighted by molar-refractivity contribution is -0.117. The molecule has 0 bridgehead atoms. The summed E-state index contributed by atoms with van der Waals surface area (Å²) in [7, 11) is 1.76. The molecule has 2 aromatic carbocycles. The number of nitrogens with zero attached hydrogens (tertiary/aromatic N) is 3. The Morgan fingerprint density at radius 2 is 1.83 bits per heavy atom. The number of hydrogen-bond acceptors (Lipinski definition) is 3. The molecule has 0 aliphatic carbocycles. The van der Waals surface area contributed by atoms with Crippen LogP contribution in [-0.2, 0) is 17.9 Å². The minimum atomic E-state index is 0. The zero-order valence-electron chi connectivity index (χ0n) is 17.0. The largest absolute Gasteiger partial charge is 0.352 e. The third-order valence-corrected chi connectivity index (χ3v) is 5.17. The molecule has 1 amide bonds. The lowest BCUT2D eigenvalue weighted by Crippen LogP contribution is -2.36. The van der Waals surface area contributed by atoms with E-state index in [1.165, 1.54) is 0 Å². The number of carbonyl (C=O) groups is 1. The summed E-state index contributed by atoms with van der Waals surface area (Å²) in [5, 5.41) is 7.83. The van der Waals surface area contributed by atoms with Crippen molar-refractivity contribution >= 4 is 52.4 Å². The van der Waals surface area contributed by atoms with E-state index in [0.29, 0.717) is 19.5 Å². The lowest BCUT2D eigenvalue weighted by atomic mass is 10.1. The van der Waals surface area contributed by atoms with Crippen molar-refractivity contribution in [3.05, 3.63) is 71.9 Å². The number of hydrogen-bond donors (Lipinski definition) is 2. The van der Waals surface area contributed by atoms with Crippen LogP contribution in [0.25, 0.3) is 10.9 Å². The standard InChI is InChI=1S/C23H25N5O.HI/c1-24-23(27-16-19-6-2-5-18-7-3-13-25-22(18)19)26-15-17-9-11-20(12-10-17)28-14-4-8-21(28)29;/h2-3,5-7,9-13H,4,8,14-16H2,1H3,(H2,24,26,27);1H. The van der Waals surface area contributed by atoms with Gasteiger partial charge in [0.1, 0.15) is 0 Å². The molecule has 2 N–H and O–H groups in total. The summed E-state index contributed by atoms with van der Waals surface area (Å²) in [6, 6.07) is 18.3. The third kappa shape index (κ3) is 5.08. The molecule has 156 valence electrons. The van der Waals surface area contributed by atoms with Crippen LogP contribution in [0.5, 0.6) is 0 Å². The molecule has 1 aliphatic rings. The molecule has 1 fully saturated rings. The monoisotopic (exact) mass is 515 g/mol. The van der Waals surface area contributed by atoms with Crippen molar-refractivity contribution in [2.45, 2.75) is 25.9 Å². The summed E-state index contributed by atoms with van der Waals surface area (Å²) >= 11 is 0. The van der Waals surface area contributed by atoms with Crippen molar-refractivity contribution in [2.24, 2.45) is 4.99 Å². The fourth-order valence-electron chi connectivity index (χ4n) is 3.61. The van der Waals surface area contributed by atoms with E-state index in [9.17, 15) is 4.79 Å². The second-order valence-corrected chi connectivity index (χ2v) is 7.09. The number of guanidine groups is 1. The molecular weight excluding hydrogens is 489 g/mol. The van der Waals surface area contributed by atoms with Crippen molar-refractivity contribution in [3.8, 4) is 0 Å². The molecule has 0 spiro atoms. The van der Waals surface area contributed by atoms with E-state index in [-0.39, 0.29) is 29.9 Å². The van der Waals surface area contributed by atoms with Gasteiger partial charge in [0, 0.05) is 50.4 Å². The number of aromatic nitrogens is 1. The van der Waals surface area contributed by atoms with Gasteiger partial charge in [0.25, 0.3) is 0 Å². The van der Waals surface area contributed by atoms with E-state index < -0.39 is 0 Å². The first-order chi connectivity index (χ1) is 14.2.